The van der Waals surface area contributed by atoms with Crippen molar-refractivity contribution in [2.45, 2.75) is 6.42 Å². The minimum Gasteiger partial charge on any atom is -0.361 e. The van der Waals surface area contributed by atoms with Crippen molar-refractivity contribution >= 4 is 52.4 Å². The highest BCUT2D eigenvalue weighted by atomic mass is 127. The largest absolute Gasteiger partial charge is 0.361 e. The van der Waals surface area contributed by atoms with Gasteiger partial charge in [0, 0.05) is 36.4 Å². The maximum Gasteiger partial charge on any atom is 0.243 e. The molecule has 0 radical (unpaired) electrons. The summed E-state index contributed by atoms with van der Waals surface area (Å²) >= 11 is 0. The van der Waals surface area contributed by atoms with Crippen molar-refractivity contribution in [1.82, 2.24) is 15.6 Å². The maximum absolute atomic E-state index is 13.4. The molecule has 0 saturated heterocycles. The van der Waals surface area contributed by atoms with Crippen molar-refractivity contribution in [3.63, 3.8) is 0 Å². The Balaban J connectivity index is 0.00000280. The number of H-pyrrole nitrogens is 1. The molecule has 2 aromatic carbocycles. The van der Waals surface area contributed by atoms with Gasteiger partial charge < -0.3 is 20.9 Å². The quantitative estimate of drug-likeness (QED) is 0.241. The van der Waals surface area contributed by atoms with Gasteiger partial charge in [-0.1, -0.05) is 18.2 Å². The van der Waals surface area contributed by atoms with E-state index in [2.05, 4.69) is 25.9 Å². The Morgan fingerprint density at radius 2 is 1.93 bits per heavy atom. The second-order valence-corrected chi connectivity index (χ2v) is 6.02. The number of hydrogen-bond donors (Lipinski definition) is 4. The highest BCUT2D eigenvalue weighted by molar-refractivity contribution is 14.0. The van der Waals surface area contributed by atoms with Crippen molar-refractivity contribution < 1.29 is 9.18 Å². The summed E-state index contributed by atoms with van der Waals surface area (Å²) in [5, 5.41) is 9.81. The average Bonchev–Trinajstić information content (AvgIpc) is 3.07. The molecule has 0 aliphatic rings. The van der Waals surface area contributed by atoms with E-state index in [1.165, 1.54) is 12.1 Å². The summed E-state index contributed by atoms with van der Waals surface area (Å²) in [5.41, 5.74) is 2.68. The van der Waals surface area contributed by atoms with Gasteiger partial charge in [-0.15, -0.1) is 24.0 Å². The van der Waals surface area contributed by atoms with E-state index in [0.29, 0.717) is 18.9 Å². The molecule has 1 amide bonds. The van der Waals surface area contributed by atoms with Crippen molar-refractivity contribution in [3.8, 4) is 0 Å². The lowest BCUT2D eigenvalue weighted by Gasteiger charge is -2.12. The van der Waals surface area contributed by atoms with E-state index in [9.17, 15) is 9.18 Å². The third-order valence-electron chi connectivity index (χ3n) is 4.11. The Bertz CT molecular complexity index is 942. The van der Waals surface area contributed by atoms with Gasteiger partial charge in [-0.25, -0.2) is 4.39 Å². The van der Waals surface area contributed by atoms with Crippen LogP contribution >= 0.6 is 24.0 Å². The number of aliphatic imine (C=N–C) groups is 1. The fourth-order valence-electron chi connectivity index (χ4n) is 2.78. The fourth-order valence-corrected chi connectivity index (χ4v) is 2.78. The van der Waals surface area contributed by atoms with E-state index in [1.54, 1.807) is 13.1 Å². The van der Waals surface area contributed by atoms with Crippen LogP contribution in [-0.2, 0) is 11.2 Å². The number of benzene rings is 2. The molecule has 6 nitrogen and oxygen atoms in total. The molecule has 3 rings (SSSR count). The predicted molar refractivity (Wildman–Crippen MR) is 122 cm³/mol. The second kappa shape index (κ2) is 10.6. The van der Waals surface area contributed by atoms with Crippen LogP contribution in [0.15, 0.2) is 59.7 Å². The molecule has 4 N–H and O–H groups in total. The Labute approximate surface area is 180 Å². The van der Waals surface area contributed by atoms with E-state index >= 15 is 0 Å². The van der Waals surface area contributed by atoms with Gasteiger partial charge in [0.05, 0.1) is 6.54 Å². The van der Waals surface area contributed by atoms with Gasteiger partial charge in [0.15, 0.2) is 5.96 Å². The first-order valence-electron chi connectivity index (χ1n) is 8.70. The first kappa shape index (κ1) is 21.7. The molecule has 0 atom stereocenters. The van der Waals surface area contributed by atoms with Gasteiger partial charge in [0.2, 0.25) is 5.91 Å². The van der Waals surface area contributed by atoms with Gasteiger partial charge in [0.25, 0.3) is 0 Å². The van der Waals surface area contributed by atoms with Gasteiger partial charge in [-0.2, -0.15) is 0 Å². The summed E-state index contributed by atoms with van der Waals surface area (Å²) in [7, 11) is 1.64. The smallest absolute Gasteiger partial charge is 0.243 e. The number of amides is 1. The molecular weight excluding hydrogens is 472 g/mol. The molecular formula is C20H23FIN5O. The van der Waals surface area contributed by atoms with Crippen molar-refractivity contribution in [1.29, 1.82) is 0 Å². The zero-order chi connectivity index (χ0) is 19.1. The van der Waals surface area contributed by atoms with Crippen LogP contribution in [0.3, 0.4) is 0 Å². The summed E-state index contributed by atoms with van der Waals surface area (Å²) in [4.78, 5) is 19.2. The third-order valence-corrected chi connectivity index (χ3v) is 4.11. The van der Waals surface area contributed by atoms with Crippen LogP contribution in [0.4, 0.5) is 10.1 Å². The number of guanidine groups is 1. The molecule has 0 saturated carbocycles. The number of halogens is 2. The van der Waals surface area contributed by atoms with Crippen molar-refractivity contribution in [3.05, 3.63) is 66.1 Å². The number of nitrogens with one attached hydrogen (secondary N) is 4. The minimum absolute atomic E-state index is 0. The summed E-state index contributed by atoms with van der Waals surface area (Å²) in [5.74, 6) is 0.124. The summed E-state index contributed by atoms with van der Waals surface area (Å²) in [6.07, 6.45) is 2.58. The first-order chi connectivity index (χ1) is 13.2. The van der Waals surface area contributed by atoms with Crippen LogP contribution in [-0.4, -0.2) is 37.0 Å². The van der Waals surface area contributed by atoms with E-state index in [1.807, 2.05) is 36.5 Å². The SMILES string of the molecule is CN=C(NCCc1c[nH]c2ccc(F)cc12)NCC(=O)Nc1ccccc1.I. The Kier molecular flexibility index (Phi) is 8.24. The molecule has 1 aromatic heterocycles. The molecule has 3 aromatic rings. The van der Waals surface area contributed by atoms with E-state index in [4.69, 9.17) is 0 Å². The average molecular weight is 495 g/mol. The molecule has 8 heteroatoms. The zero-order valence-electron chi connectivity index (χ0n) is 15.5. The Hall–Kier alpha value is -2.62. The normalized spacial score (nSPS) is 11.0. The van der Waals surface area contributed by atoms with Gasteiger partial charge in [0.1, 0.15) is 5.82 Å². The number of aromatic amines is 1. The topological polar surface area (TPSA) is 81.3 Å². The van der Waals surface area contributed by atoms with Gasteiger partial charge >= 0.3 is 0 Å². The molecule has 148 valence electrons. The van der Waals surface area contributed by atoms with Crippen LogP contribution in [0.25, 0.3) is 10.9 Å². The second-order valence-electron chi connectivity index (χ2n) is 6.02. The molecule has 1 heterocycles. The van der Waals surface area contributed by atoms with E-state index in [0.717, 1.165) is 22.2 Å². The minimum atomic E-state index is -0.252. The summed E-state index contributed by atoms with van der Waals surface area (Å²) in [6, 6.07) is 14.0. The standard InChI is InChI=1S/C20H22FN5O.HI/c1-22-20(25-13-19(27)26-16-5-3-2-4-6-16)23-10-9-14-12-24-18-8-7-15(21)11-17(14)18;/h2-8,11-12,24H,9-10,13H2,1H3,(H,26,27)(H2,22,23,25);1H. The highest BCUT2D eigenvalue weighted by Gasteiger charge is 2.07. The van der Waals surface area contributed by atoms with Crippen LogP contribution < -0.4 is 16.0 Å². The number of para-hydroxylation sites is 1. The fraction of sp³-hybridized carbons (Fsp3) is 0.200. The lowest BCUT2D eigenvalue weighted by Crippen LogP contribution is -2.42. The Morgan fingerprint density at radius 1 is 1.14 bits per heavy atom. The zero-order valence-corrected chi connectivity index (χ0v) is 17.8. The molecule has 0 spiro atoms. The number of nitrogens with zero attached hydrogens (tertiary/aromatic N) is 1. The number of anilines is 1. The molecule has 28 heavy (non-hydrogen) atoms. The summed E-state index contributed by atoms with van der Waals surface area (Å²) in [6.45, 7) is 0.705. The molecule has 0 fully saturated rings. The van der Waals surface area contributed by atoms with Crippen LogP contribution in [0, 0.1) is 5.82 Å². The Morgan fingerprint density at radius 3 is 2.68 bits per heavy atom. The maximum atomic E-state index is 13.4. The van der Waals surface area contributed by atoms with Crippen LogP contribution in [0.5, 0.6) is 0 Å². The van der Waals surface area contributed by atoms with Crippen LogP contribution in [0.1, 0.15) is 5.56 Å². The van der Waals surface area contributed by atoms with Gasteiger partial charge in [-0.3, -0.25) is 9.79 Å². The van der Waals surface area contributed by atoms with Crippen molar-refractivity contribution in [2.75, 3.05) is 25.5 Å². The number of carbonyl (C=O) groups excluding carboxylic acids is 1. The third kappa shape index (κ3) is 5.95. The first-order valence-corrected chi connectivity index (χ1v) is 8.70. The molecule has 0 bridgehead atoms. The number of fused-ring (bicyclic) bond motifs is 1. The number of aromatic nitrogens is 1. The number of carbonyl (C=O) groups is 1. The van der Waals surface area contributed by atoms with Crippen LogP contribution in [0.2, 0.25) is 0 Å². The highest BCUT2D eigenvalue weighted by Crippen LogP contribution is 2.19. The molecule has 0 aliphatic heterocycles. The predicted octanol–water partition coefficient (Wildman–Crippen LogP) is 3.27. The lowest BCUT2D eigenvalue weighted by molar-refractivity contribution is -0.115. The number of rotatable bonds is 6. The monoisotopic (exact) mass is 495 g/mol. The lowest BCUT2D eigenvalue weighted by atomic mass is 10.1. The summed E-state index contributed by atoms with van der Waals surface area (Å²) < 4.78 is 13.4. The molecule has 0 unspecified atom stereocenters. The molecule has 0 aliphatic carbocycles. The van der Waals surface area contributed by atoms with E-state index < -0.39 is 0 Å². The van der Waals surface area contributed by atoms with E-state index in [-0.39, 0.29) is 42.2 Å². The van der Waals surface area contributed by atoms with Gasteiger partial charge in [-0.05, 0) is 42.3 Å². The van der Waals surface area contributed by atoms with Crippen molar-refractivity contribution in [2.24, 2.45) is 4.99 Å². The number of hydrogen-bond acceptors (Lipinski definition) is 2.